The van der Waals surface area contributed by atoms with E-state index in [0.29, 0.717) is 12.5 Å². The van der Waals surface area contributed by atoms with Crippen LogP contribution in [0.2, 0.25) is 0 Å². The first kappa shape index (κ1) is 13.8. The minimum Gasteiger partial charge on any atom is -0.345 e. The van der Waals surface area contributed by atoms with Gasteiger partial charge in [-0.3, -0.25) is 9.59 Å². The quantitative estimate of drug-likeness (QED) is 0.845. The van der Waals surface area contributed by atoms with Crippen LogP contribution >= 0.6 is 0 Å². The highest BCUT2D eigenvalue weighted by Crippen LogP contribution is 2.32. The molecule has 1 aromatic rings. The third-order valence-corrected chi connectivity index (χ3v) is 3.83. The Balaban J connectivity index is 1.90. The molecule has 19 heavy (non-hydrogen) atoms. The summed E-state index contributed by atoms with van der Waals surface area (Å²) in [6.45, 7) is 1.70. The summed E-state index contributed by atoms with van der Waals surface area (Å²) in [5.74, 6) is -0.259. The van der Waals surface area contributed by atoms with Crippen molar-refractivity contribution in [3.05, 3.63) is 35.4 Å². The van der Waals surface area contributed by atoms with Crippen molar-refractivity contribution < 1.29 is 9.59 Å². The van der Waals surface area contributed by atoms with Gasteiger partial charge in [0.25, 0.3) is 5.91 Å². The van der Waals surface area contributed by atoms with Crippen molar-refractivity contribution in [2.45, 2.75) is 51.5 Å². The van der Waals surface area contributed by atoms with Crippen LogP contribution in [0.25, 0.3) is 0 Å². The largest absolute Gasteiger partial charge is 0.345 e. The Morgan fingerprint density at radius 3 is 2.32 bits per heavy atom. The van der Waals surface area contributed by atoms with Gasteiger partial charge in [-0.25, -0.2) is 0 Å². The van der Waals surface area contributed by atoms with E-state index >= 15 is 0 Å². The van der Waals surface area contributed by atoms with E-state index < -0.39 is 11.7 Å². The second-order valence-electron chi connectivity index (χ2n) is 5.32. The number of ketones is 1. The molecule has 0 aromatic heterocycles. The fraction of sp³-hybridized carbons (Fsp3) is 0.500. The number of carbonyl (C=O) groups is 2. The first-order valence-electron chi connectivity index (χ1n) is 7.04. The van der Waals surface area contributed by atoms with Gasteiger partial charge in [0.15, 0.2) is 0 Å². The van der Waals surface area contributed by atoms with Crippen molar-refractivity contribution in [2.75, 3.05) is 0 Å². The van der Waals surface area contributed by atoms with Gasteiger partial charge in [-0.1, -0.05) is 43.5 Å². The zero-order valence-electron chi connectivity index (χ0n) is 11.4. The molecule has 3 nitrogen and oxygen atoms in total. The predicted octanol–water partition coefficient (Wildman–Crippen LogP) is 2.94. The van der Waals surface area contributed by atoms with E-state index in [0.717, 1.165) is 5.56 Å². The van der Waals surface area contributed by atoms with Crippen LogP contribution in [-0.4, -0.2) is 11.7 Å². The van der Waals surface area contributed by atoms with Gasteiger partial charge in [-0.2, -0.15) is 0 Å². The van der Waals surface area contributed by atoms with Crippen LogP contribution in [0.1, 0.15) is 56.1 Å². The maximum absolute atomic E-state index is 11.2. The lowest BCUT2D eigenvalue weighted by Crippen LogP contribution is -2.28. The van der Waals surface area contributed by atoms with Crippen LogP contribution < -0.4 is 5.32 Å². The molecule has 0 heterocycles. The third-order valence-electron chi connectivity index (χ3n) is 3.83. The normalized spacial score (nSPS) is 16.1. The van der Waals surface area contributed by atoms with Gasteiger partial charge in [0.1, 0.15) is 0 Å². The van der Waals surface area contributed by atoms with E-state index in [1.165, 1.54) is 44.6 Å². The first-order valence-corrected chi connectivity index (χ1v) is 7.04. The summed E-state index contributed by atoms with van der Waals surface area (Å²) in [6, 6.07) is 8.41. The second-order valence-corrected chi connectivity index (χ2v) is 5.32. The van der Waals surface area contributed by atoms with Crippen LogP contribution in [-0.2, 0) is 16.1 Å². The van der Waals surface area contributed by atoms with Crippen LogP contribution in [0.15, 0.2) is 24.3 Å². The molecule has 2 rings (SSSR count). The number of hydrogen-bond donors (Lipinski definition) is 1. The summed E-state index contributed by atoms with van der Waals surface area (Å²) < 4.78 is 0. The minimum atomic E-state index is -0.517. The molecule has 0 unspecified atom stereocenters. The molecule has 1 N–H and O–H groups in total. The highest BCUT2D eigenvalue weighted by molar-refractivity contribution is 6.35. The molecule has 1 aromatic carbocycles. The Kier molecular flexibility index (Phi) is 4.72. The standard InChI is InChI=1S/C16H21NO2/c1-12(18)16(19)17-11-13-7-9-15(10-8-13)14-5-3-2-4-6-14/h7-10,14H,2-6,11H2,1H3,(H,17,19). The summed E-state index contributed by atoms with van der Waals surface area (Å²) in [5.41, 5.74) is 2.44. The van der Waals surface area contributed by atoms with E-state index in [4.69, 9.17) is 0 Å². The average Bonchev–Trinajstić information content (AvgIpc) is 2.46. The maximum atomic E-state index is 11.2. The number of carbonyl (C=O) groups excluding carboxylic acids is 2. The van der Waals surface area contributed by atoms with Crippen molar-refractivity contribution in [3.63, 3.8) is 0 Å². The lowest BCUT2D eigenvalue weighted by Gasteiger charge is -2.22. The molecule has 1 aliphatic rings. The topological polar surface area (TPSA) is 46.2 Å². The summed E-state index contributed by atoms with van der Waals surface area (Å²) in [6.07, 6.45) is 6.62. The Hall–Kier alpha value is -1.64. The summed E-state index contributed by atoms with van der Waals surface area (Å²) in [4.78, 5) is 22.0. The van der Waals surface area contributed by atoms with Crippen molar-refractivity contribution in [3.8, 4) is 0 Å². The number of hydrogen-bond acceptors (Lipinski definition) is 2. The van der Waals surface area contributed by atoms with Crippen molar-refractivity contribution in [1.29, 1.82) is 0 Å². The van der Waals surface area contributed by atoms with Gasteiger partial charge in [-0.05, 0) is 29.9 Å². The number of rotatable bonds is 4. The molecule has 1 saturated carbocycles. The molecule has 0 saturated heterocycles. The second kappa shape index (κ2) is 6.50. The molecule has 102 valence electrons. The highest BCUT2D eigenvalue weighted by Gasteiger charge is 2.15. The van der Waals surface area contributed by atoms with Crippen LogP contribution in [0.4, 0.5) is 0 Å². The lowest BCUT2D eigenvalue weighted by atomic mass is 9.84. The Morgan fingerprint density at radius 1 is 1.11 bits per heavy atom. The molecule has 3 heteroatoms. The molecular weight excluding hydrogens is 238 g/mol. The lowest BCUT2D eigenvalue weighted by molar-refractivity contribution is -0.136. The SMILES string of the molecule is CC(=O)C(=O)NCc1ccc(C2CCCCC2)cc1. The molecule has 0 aliphatic heterocycles. The molecule has 0 atom stereocenters. The molecule has 0 spiro atoms. The average molecular weight is 259 g/mol. The predicted molar refractivity (Wildman–Crippen MR) is 74.8 cm³/mol. The number of amides is 1. The minimum absolute atomic E-state index is 0.420. The van der Waals surface area contributed by atoms with Gasteiger partial charge in [0.05, 0.1) is 0 Å². The monoisotopic (exact) mass is 259 g/mol. The zero-order valence-corrected chi connectivity index (χ0v) is 11.4. The zero-order chi connectivity index (χ0) is 13.7. The molecule has 1 aliphatic carbocycles. The van der Waals surface area contributed by atoms with Gasteiger partial charge >= 0.3 is 0 Å². The van der Waals surface area contributed by atoms with Gasteiger partial charge in [0, 0.05) is 13.5 Å². The van der Waals surface area contributed by atoms with Crippen molar-refractivity contribution >= 4 is 11.7 Å². The summed E-state index contributed by atoms with van der Waals surface area (Å²) in [7, 11) is 0. The van der Waals surface area contributed by atoms with E-state index in [9.17, 15) is 9.59 Å². The van der Waals surface area contributed by atoms with Crippen LogP contribution in [0.3, 0.4) is 0 Å². The summed E-state index contributed by atoms with van der Waals surface area (Å²) >= 11 is 0. The number of benzene rings is 1. The fourth-order valence-corrected chi connectivity index (χ4v) is 2.65. The van der Waals surface area contributed by atoms with Crippen LogP contribution in [0.5, 0.6) is 0 Å². The Labute approximate surface area is 114 Å². The molecule has 1 amide bonds. The number of Topliss-reactive ketones (excluding diaryl/α,β-unsaturated/α-hetero) is 1. The van der Waals surface area contributed by atoms with E-state index in [1.54, 1.807) is 0 Å². The molecule has 0 radical (unpaired) electrons. The van der Waals surface area contributed by atoms with Crippen molar-refractivity contribution in [1.82, 2.24) is 5.32 Å². The van der Waals surface area contributed by atoms with E-state index in [1.807, 2.05) is 12.1 Å². The van der Waals surface area contributed by atoms with E-state index in [-0.39, 0.29) is 0 Å². The van der Waals surface area contributed by atoms with Gasteiger partial charge in [0.2, 0.25) is 5.78 Å². The molecule has 1 fully saturated rings. The smallest absolute Gasteiger partial charge is 0.287 e. The van der Waals surface area contributed by atoms with Crippen LogP contribution in [0, 0.1) is 0 Å². The fourth-order valence-electron chi connectivity index (χ4n) is 2.65. The Morgan fingerprint density at radius 2 is 1.74 bits per heavy atom. The van der Waals surface area contributed by atoms with Crippen molar-refractivity contribution in [2.24, 2.45) is 0 Å². The summed E-state index contributed by atoms with van der Waals surface area (Å²) in [5, 5.41) is 2.61. The van der Waals surface area contributed by atoms with E-state index in [2.05, 4.69) is 17.4 Å². The Bertz CT molecular complexity index is 444. The maximum Gasteiger partial charge on any atom is 0.287 e. The molecule has 0 bridgehead atoms. The number of nitrogens with one attached hydrogen (secondary N) is 1. The third kappa shape index (κ3) is 3.91. The van der Waals surface area contributed by atoms with Gasteiger partial charge < -0.3 is 5.32 Å². The molecular formula is C16H21NO2. The first-order chi connectivity index (χ1) is 9.16. The highest BCUT2D eigenvalue weighted by atomic mass is 16.2. The van der Waals surface area contributed by atoms with Gasteiger partial charge in [-0.15, -0.1) is 0 Å².